The van der Waals surface area contributed by atoms with Gasteiger partial charge in [-0.05, 0) is 0 Å². The molecule has 1 saturated heterocycles. The number of aliphatic hydroxyl groups is 1. The van der Waals surface area contributed by atoms with Gasteiger partial charge in [0.05, 0.1) is 19.3 Å². The van der Waals surface area contributed by atoms with Gasteiger partial charge in [-0.3, -0.25) is 10.1 Å². The number of aldehydes is 1. The first-order valence-electron chi connectivity index (χ1n) is 2.80. The minimum absolute atomic E-state index is 0.0182. The lowest BCUT2D eigenvalue weighted by Crippen LogP contribution is -2.33. The van der Waals surface area contributed by atoms with E-state index in [-0.39, 0.29) is 12.6 Å². The fourth-order valence-corrected chi connectivity index (χ4v) is 0.732. The van der Waals surface area contributed by atoms with E-state index in [1.807, 2.05) is 0 Å². The van der Waals surface area contributed by atoms with E-state index in [1.165, 1.54) is 0 Å². The molecule has 0 bridgehead atoms. The van der Waals surface area contributed by atoms with Crippen LogP contribution in [0.15, 0.2) is 0 Å². The predicted octanol–water partition coefficient (Wildman–Crippen LogP) is -1.51. The van der Waals surface area contributed by atoms with E-state index >= 15 is 0 Å². The summed E-state index contributed by atoms with van der Waals surface area (Å²) in [6, 6.07) is -0.0693. The van der Waals surface area contributed by atoms with Crippen LogP contribution < -0.4 is 5.32 Å². The molecule has 1 rings (SSSR count). The number of aliphatic hydroxyl groups excluding tert-OH is 1. The average Bonchev–Trinajstić information content (AvgIpc) is 2.34. The van der Waals surface area contributed by atoms with Crippen molar-refractivity contribution in [1.29, 1.82) is 0 Å². The van der Waals surface area contributed by atoms with Crippen molar-refractivity contribution in [3.8, 4) is 0 Å². The smallest absolute Gasteiger partial charge is 0.165 e. The summed E-state index contributed by atoms with van der Waals surface area (Å²) in [6.45, 7) is 0.435. The van der Waals surface area contributed by atoms with Crippen LogP contribution in [0.1, 0.15) is 0 Å². The molecule has 2 N–H and O–H groups in total. The molecule has 1 aliphatic heterocycles. The second-order valence-corrected chi connectivity index (χ2v) is 1.94. The number of hydrogen-bond donors (Lipinski definition) is 2. The van der Waals surface area contributed by atoms with Crippen LogP contribution in [0.25, 0.3) is 0 Å². The lowest BCUT2D eigenvalue weighted by molar-refractivity contribution is -0.116. The Bertz CT molecular complexity index is 106. The van der Waals surface area contributed by atoms with E-state index in [9.17, 15) is 4.79 Å². The van der Waals surface area contributed by atoms with E-state index in [0.29, 0.717) is 12.9 Å². The van der Waals surface area contributed by atoms with Crippen LogP contribution in [-0.4, -0.2) is 36.9 Å². The zero-order valence-corrected chi connectivity index (χ0v) is 4.91. The molecule has 4 heteroatoms. The summed E-state index contributed by atoms with van der Waals surface area (Å²) >= 11 is 0. The summed E-state index contributed by atoms with van der Waals surface area (Å²) in [4.78, 5) is 10.00. The van der Waals surface area contributed by atoms with Gasteiger partial charge in [0, 0.05) is 0 Å². The highest BCUT2D eigenvalue weighted by Crippen LogP contribution is 1.98. The first-order valence-corrected chi connectivity index (χ1v) is 2.80. The van der Waals surface area contributed by atoms with Crippen LogP contribution in [0, 0.1) is 0 Å². The summed E-state index contributed by atoms with van der Waals surface area (Å²) in [6.07, 6.45) is 0.164. The topological polar surface area (TPSA) is 58.6 Å². The van der Waals surface area contributed by atoms with Crippen LogP contribution in [0.4, 0.5) is 0 Å². The van der Waals surface area contributed by atoms with Gasteiger partial charge in [-0.2, -0.15) is 0 Å². The lowest BCUT2D eigenvalue weighted by atomic mass is 10.3. The highest BCUT2D eigenvalue weighted by molar-refractivity contribution is 5.55. The van der Waals surface area contributed by atoms with Crippen molar-refractivity contribution in [2.75, 3.05) is 13.2 Å². The summed E-state index contributed by atoms with van der Waals surface area (Å²) in [7, 11) is 0. The van der Waals surface area contributed by atoms with E-state index in [2.05, 4.69) is 5.32 Å². The highest BCUT2D eigenvalue weighted by Gasteiger charge is 2.22. The first-order chi connectivity index (χ1) is 4.36. The van der Waals surface area contributed by atoms with Crippen molar-refractivity contribution in [3.63, 3.8) is 0 Å². The average molecular weight is 131 g/mol. The molecule has 0 saturated carbocycles. The number of rotatable bonds is 2. The van der Waals surface area contributed by atoms with Gasteiger partial charge in [0.1, 0.15) is 0 Å². The molecule has 0 aromatic heterocycles. The molecule has 0 aromatic rings. The van der Waals surface area contributed by atoms with Crippen molar-refractivity contribution in [2.45, 2.75) is 12.3 Å². The Balaban J connectivity index is 2.28. The molecule has 1 unspecified atom stereocenters. The van der Waals surface area contributed by atoms with Crippen molar-refractivity contribution >= 4 is 6.29 Å². The van der Waals surface area contributed by atoms with Crippen LogP contribution in [0.5, 0.6) is 0 Å². The zero-order chi connectivity index (χ0) is 6.69. The maximum atomic E-state index is 10.00. The van der Waals surface area contributed by atoms with Crippen molar-refractivity contribution in [1.82, 2.24) is 5.32 Å². The van der Waals surface area contributed by atoms with Gasteiger partial charge >= 0.3 is 0 Å². The van der Waals surface area contributed by atoms with Crippen molar-refractivity contribution in [2.24, 2.45) is 0 Å². The molecular formula is C5H9NO3. The molecule has 4 nitrogen and oxygen atoms in total. The number of carbonyl (C=O) groups is 1. The van der Waals surface area contributed by atoms with Crippen molar-refractivity contribution in [3.05, 3.63) is 0 Å². The van der Waals surface area contributed by atoms with Gasteiger partial charge in [-0.25, -0.2) is 0 Å². The SMILES string of the molecule is O=CC1N[C@@H](CO)CO1. The zero-order valence-electron chi connectivity index (χ0n) is 4.91. The van der Waals surface area contributed by atoms with Crippen molar-refractivity contribution < 1.29 is 14.6 Å². The molecule has 1 aliphatic rings. The first kappa shape index (κ1) is 6.67. The molecule has 1 fully saturated rings. The van der Waals surface area contributed by atoms with E-state index in [1.54, 1.807) is 0 Å². The van der Waals surface area contributed by atoms with Gasteiger partial charge in [0.15, 0.2) is 12.5 Å². The molecular weight excluding hydrogens is 122 g/mol. The second kappa shape index (κ2) is 2.91. The minimum Gasteiger partial charge on any atom is -0.395 e. The Labute approximate surface area is 52.8 Å². The predicted molar refractivity (Wildman–Crippen MR) is 29.8 cm³/mol. The molecule has 0 amide bonds. The third-order valence-corrected chi connectivity index (χ3v) is 1.22. The Morgan fingerprint density at radius 1 is 1.89 bits per heavy atom. The normalized spacial score (nSPS) is 34.8. The summed E-state index contributed by atoms with van der Waals surface area (Å²) in [5.74, 6) is 0. The van der Waals surface area contributed by atoms with Crippen LogP contribution in [0.2, 0.25) is 0 Å². The second-order valence-electron chi connectivity index (χ2n) is 1.94. The summed E-state index contributed by atoms with van der Waals surface area (Å²) in [5.41, 5.74) is 0. The fourth-order valence-electron chi connectivity index (χ4n) is 0.732. The molecule has 1 heterocycles. The monoisotopic (exact) mass is 131 g/mol. The van der Waals surface area contributed by atoms with Crippen LogP contribution in [-0.2, 0) is 9.53 Å². The number of ether oxygens (including phenoxy) is 1. The van der Waals surface area contributed by atoms with E-state index < -0.39 is 6.23 Å². The Kier molecular flexibility index (Phi) is 2.16. The third-order valence-electron chi connectivity index (χ3n) is 1.22. The van der Waals surface area contributed by atoms with Gasteiger partial charge in [-0.1, -0.05) is 0 Å². The maximum Gasteiger partial charge on any atom is 0.165 e. The minimum atomic E-state index is -0.512. The molecule has 52 valence electrons. The van der Waals surface area contributed by atoms with Gasteiger partial charge in [-0.15, -0.1) is 0 Å². The summed E-state index contributed by atoms with van der Waals surface area (Å²) in [5, 5.41) is 11.3. The Morgan fingerprint density at radius 2 is 2.67 bits per heavy atom. The van der Waals surface area contributed by atoms with Gasteiger partial charge in [0.2, 0.25) is 0 Å². The van der Waals surface area contributed by atoms with Gasteiger partial charge < -0.3 is 9.84 Å². The molecule has 2 atom stereocenters. The largest absolute Gasteiger partial charge is 0.395 e. The number of carbonyl (C=O) groups excluding carboxylic acids is 1. The van der Waals surface area contributed by atoms with E-state index in [4.69, 9.17) is 9.84 Å². The highest BCUT2D eigenvalue weighted by atomic mass is 16.5. The van der Waals surface area contributed by atoms with Gasteiger partial charge in [0.25, 0.3) is 0 Å². The Morgan fingerprint density at radius 3 is 3.00 bits per heavy atom. The third kappa shape index (κ3) is 1.48. The lowest BCUT2D eigenvalue weighted by Gasteiger charge is -2.01. The van der Waals surface area contributed by atoms with Crippen LogP contribution in [0.3, 0.4) is 0 Å². The quantitative estimate of drug-likeness (QED) is 0.447. The maximum absolute atomic E-state index is 10.00. The molecule has 0 radical (unpaired) electrons. The van der Waals surface area contributed by atoms with E-state index in [0.717, 1.165) is 0 Å². The number of nitrogens with one attached hydrogen (secondary N) is 1. The summed E-state index contributed by atoms with van der Waals surface area (Å²) < 4.78 is 4.87. The Hall–Kier alpha value is -0.450. The molecule has 9 heavy (non-hydrogen) atoms. The molecule has 0 aromatic carbocycles. The fraction of sp³-hybridized carbons (Fsp3) is 0.800. The molecule has 0 spiro atoms. The number of hydrogen-bond acceptors (Lipinski definition) is 4. The standard InChI is InChI=1S/C5H9NO3/c7-1-4-3-9-5(2-8)6-4/h2,4-7H,1,3H2/t4-,5?/m0/s1. The molecule has 0 aliphatic carbocycles. The van der Waals surface area contributed by atoms with Crippen LogP contribution >= 0.6 is 0 Å².